The molecule has 0 heterocycles. The van der Waals surface area contributed by atoms with Gasteiger partial charge in [0.1, 0.15) is 0 Å². The maximum atomic E-state index is 11.1. The van der Waals surface area contributed by atoms with Gasteiger partial charge in [0.05, 0.1) is 5.60 Å². The van der Waals surface area contributed by atoms with Crippen molar-refractivity contribution in [2.24, 2.45) is 17.3 Å². The molecule has 2 saturated carbocycles. The quantitative estimate of drug-likeness (QED) is 0.835. The fraction of sp³-hybridized carbons (Fsp3) is 0.667. The summed E-state index contributed by atoms with van der Waals surface area (Å²) in [4.78, 5) is 0. The van der Waals surface area contributed by atoms with Gasteiger partial charge in [-0.15, -0.1) is 0 Å². The molecule has 0 bridgehead atoms. The first-order valence-electron chi connectivity index (χ1n) is 7.67. The van der Waals surface area contributed by atoms with E-state index in [1.807, 2.05) is 0 Å². The maximum Gasteiger partial charge on any atom is 0.0689 e. The van der Waals surface area contributed by atoms with Crippen LogP contribution in [0.5, 0.6) is 0 Å². The molecule has 1 N–H and O–H groups in total. The van der Waals surface area contributed by atoms with Crippen LogP contribution in [0.2, 0.25) is 0 Å². The van der Waals surface area contributed by atoms with Gasteiger partial charge < -0.3 is 5.11 Å². The molecule has 0 aromatic heterocycles. The average Bonchev–Trinajstić information content (AvgIpc) is 3.07. The molecule has 2 aliphatic carbocycles. The highest BCUT2D eigenvalue weighted by Crippen LogP contribution is 2.60. The summed E-state index contributed by atoms with van der Waals surface area (Å²) in [7, 11) is 0. The minimum absolute atomic E-state index is 0.288. The van der Waals surface area contributed by atoms with Gasteiger partial charge in [0.15, 0.2) is 0 Å². The lowest BCUT2D eigenvalue weighted by Crippen LogP contribution is -2.44. The normalized spacial score (nSPS) is 40.9. The molecule has 104 valence electrons. The highest BCUT2D eigenvalue weighted by Gasteiger charge is 2.55. The van der Waals surface area contributed by atoms with Crippen molar-refractivity contribution in [3.05, 3.63) is 35.9 Å². The third-order valence-electron chi connectivity index (χ3n) is 5.10. The van der Waals surface area contributed by atoms with Gasteiger partial charge in [0.2, 0.25) is 0 Å². The van der Waals surface area contributed by atoms with Crippen molar-refractivity contribution in [3.8, 4) is 0 Å². The SMILES string of the molecule is CC1CC(C)(C)CC(O)(C2CC2c2ccccc2)C1. The third kappa shape index (κ3) is 2.58. The minimum Gasteiger partial charge on any atom is -0.390 e. The molecule has 2 aliphatic rings. The predicted molar refractivity (Wildman–Crippen MR) is 79.0 cm³/mol. The first kappa shape index (κ1) is 13.2. The van der Waals surface area contributed by atoms with Crippen LogP contribution in [-0.2, 0) is 0 Å². The van der Waals surface area contributed by atoms with Gasteiger partial charge in [0.25, 0.3) is 0 Å². The van der Waals surface area contributed by atoms with Crippen molar-refractivity contribution in [1.82, 2.24) is 0 Å². The Morgan fingerprint density at radius 3 is 2.42 bits per heavy atom. The zero-order chi connectivity index (χ0) is 13.7. The topological polar surface area (TPSA) is 20.2 Å². The number of benzene rings is 1. The summed E-state index contributed by atoms with van der Waals surface area (Å²) < 4.78 is 0. The number of aliphatic hydroxyl groups is 1. The van der Waals surface area contributed by atoms with Crippen LogP contribution in [0.4, 0.5) is 0 Å². The van der Waals surface area contributed by atoms with Gasteiger partial charge in [-0.2, -0.15) is 0 Å². The summed E-state index contributed by atoms with van der Waals surface area (Å²) in [6.07, 6.45) is 4.38. The maximum absolute atomic E-state index is 11.1. The molecule has 2 fully saturated rings. The van der Waals surface area contributed by atoms with Gasteiger partial charge in [0, 0.05) is 0 Å². The van der Waals surface area contributed by atoms with E-state index in [0.29, 0.717) is 17.8 Å². The Hall–Kier alpha value is -0.820. The molecule has 3 rings (SSSR count). The first-order chi connectivity index (χ1) is 8.90. The van der Waals surface area contributed by atoms with E-state index in [2.05, 4.69) is 51.1 Å². The molecule has 19 heavy (non-hydrogen) atoms. The lowest BCUT2D eigenvalue weighted by Gasteiger charge is -2.45. The minimum atomic E-state index is -0.429. The van der Waals surface area contributed by atoms with Crippen LogP contribution in [-0.4, -0.2) is 10.7 Å². The molecule has 0 saturated heterocycles. The number of hydrogen-bond donors (Lipinski definition) is 1. The molecule has 1 aromatic rings. The summed E-state index contributed by atoms with van der Waals surface area (Å²) >= 11 is 0. The molecule has 4 atom stereocenters. The standard InChI is InChI=1S/C18H26O/c1-13-10-17(2,3)12-18(19,11-13)16-9-15(16)14-7-5-4-6-8-14/h4-8,13,15-16,19H,9-12H2,1-3H3. The highest BCUT2D eigenvalue weighted by atomic mass is 16.3. The summed E-state index contributed by atoms with van der Waals surface area (Å²) in [6.45, 7) is 6.92. The Morgan fingerprint density at radius 1 is 1.11 bits per heavy atom. The molecular formula is C18H26O. The van der Waals surface area contributed by atoms with Crippen LogP contribution in [0.1, 0.15) is 57.9 Å². The van der Waals surface area contributed by atoms with Gasteiger partial charge in [-0.1, -0.05) is 51.1 Å². The second-order valence-electron chi connectivity index (χ2n) is 7.82. The van der Waals surface area contributed by atoms with E-state index in [1.54, 1.807) is 0 Å². The van der Waals surface area contributed by atoms with Gasteiger partial charge in [-0.25, -0.2) is 0 Å². The predicted octanol–water partition coefficient (Wildman–Crippen LogP) is 4.37. The fourth-order valence-electron chi connectivity index (χ4n) is 4.73. The molecule has 1 aromatic carbocycles. The average molecular weight is 258 g/mol. The summed E-state index contributed by atoms with van der Waals surface area (Å²) in [6, 6.07) is 10.7. The highest BCUT2D eigenvalue weighted by molar-refractivity contribution is 5.28. The van der Waals surface area contributed by atoms with Crippen molar-refractivity contribution >= 4 is 0 Å². The molecule has 4 unspecified atom stereocenters. The zero-order valence-electron chi connectivity index (χ0n) is 12.4. The zero-order valence-corrected chi connectivity index (χ0v) is 12.4. The molecule has 1 heteroatoms. The van der Waals surface area contributed by atoms with Gasteiger partial charge >= 0.3 is 0 Å². The monoisotopic (exact) mass is 258 g/mol. The lowest BCUT2D eigenvalue weighted by molar-refractivity contribution is -0.0754. The van der Waals surface area contributed by atoms with Crippen LogP contribution in [0.25, 0.3) is 0 Å². The van der Waals surface area contributed by atoms with Crippen molar-refractivity contribution in [2.45, 2.75) is 58.0 Å². The fourth-order valence-corrected chi connectivity index (χ4v) is 4.73. The van der Waals surface area contributed by atoms with E-state index < -0.39 is 5.60 Å². The number of hydrogen-bond acceptors (Lipinski definition) is 1. The lowest BCUT2D eigenvalue weighted by atomic mass is 9.64. The third-order valence-corrected chi connectivity index (χ3v) is 5.10. The molecule has 0 amide bonds. The van der Waals surface area contributed by atoms with Crippen LogP contribution in [0.3, 0.4) is 0 Å². The van der Waals surface area contributed by atoms with E-state index in [4.69, 9.17) is 0 Å². The molecule has 0 spiro atoms. The van der Waals surface area contributed by atoms with E-state index in [-0.39, 0.29) is 5.41 Å². The first-order valence-corrected chi connectivity index (χ1v) is 7.67. The molecule has 0 aliphatic heterocycles. The summed E-state index contributed by atoms with van der Waals surface area (Å²) in [5.74, 6) is 1.72. The summed E-state index contributed by atoms with van der Waals surface area (Å²) in [5, 5.41) is 11.1. The smallest absolute Gasteiger partial charge is 0.0689 e. The van der Waals surface area contributed by atoms with Crippen LogP contribution < -0.4 is 0 Å². The molecule has 1 nitrogen and oxygen atoms in total. The van der Waals surface area contributed by atoms with Gasteiger partial charge in [-0.05, 0) is 54.4 Å². The Balaban J connectivity index is 1.76. The van der Waals surface area contributed by atoms with E-state index in [1.165, 1.54) is 18.4 Å². The Labute approximate surface area is 117 Å². The van der Waals surface area contributed by atoms with Crippen LogP contribution >= 0.6 is 0 Å². The number of rotatable bonds is 2. The molecular weight excluding hydrogens is 232 g/mol. The van der Waals surface area contributed by atoms with Gasteiger partial charge in [-0.3, -0.25) is 0 Å². The largest absolute Gasteiger partial charge is 0.390 e. The molecule has 0 radical (unpaired) electrons. The van der Waals surface area contributed by atoms with Crippen molar-refractivity contribution < 1.29 is 5.11 Å². The van der Waals surface area contributed by atoms with E-state index in [9.17, 15) is 5.11 Å². The van der Waals surface area contributed by atoms with Crippen LogP contribution in [0, 0.1) is 17.3 Å². The summed E-state index contributed by atoms with van der Waals surface area (Å²) in [5.41, 5.74) is 1.27. The second-order valence-corrected chi connectivity index (χ2v) is 7.82. The van der Waals surface area contributed by atoms with Crippen LogP contribution in [0.15, 0.2) is 30.3 Å². The van der Waals surface area contributed by atoms with E-state index >= 15 is 0 Å². The Kier molecular flexibility index (Phi) is 3.01. The Bertz CT molecular complexity index is 450. The van der Waals surface area contributed by atoms with Crippen molar-refractivity contribution in [3.63, 3.8) is 0 Å². The second kappa shape index (κ2) is 4.34. The Morgan fingerprint density at radius 2 is 1.79 bits per heavy atom. The van der Waals surface area contributed by atoms with Crippen molar-refractivity contribution in [2.75, 3.05) is 0 Å². The van der Waals surface area contributed by atoms with E-state index in [0.717, 1.165) is 12.8 Å². The van der Waals surface area contributed by atoms with Crippen molar-refractivity contribution in [1.29, 1.82) is 0 Å².